The lowest BCUT2D eigenvalue weighted by Crippen LogP contribution is -2.15. The van der Waals surface area contributed by atoms with Gasteiger partial charge in [0.1, 0.15) is 5.82 Å². The summed E-state index contributed by atoms with van der Waals surface area (Å²) in [6, 6.07) is 4.74. The Labute approximate surface area is 89.7 Å². The van der Waals surface area contributed by atoms with E-state index in [4.69, 9.17) is 4.74 Å². The molecule has 1 aromatic rings. The van der Waals surface area contributed by atoms with Gasteiger partial charge in [-0.15, -0.1) is 0 Å². The van der Waals surface area contributed by atoms with E-state index in [1.807, 2.05) is 13.8 Å². The number of aryl methyl sites for hydroxylation is 1. The summed E-state index contributed by atoms with van der Waals surface area (Å²) >= 11 is 0. The highest BCUT2D eigenvalue weighted by molar-refractivity contribution is 5.26. The molecule has 2 nitrogen and oxygen atoms in total. The molecule has 0 saturated carbocycles. The number of hydrogen-bond donors (Lipinski definition) is 1. The number of aliphatic hydroxyl groups excluding tert-OH is 1. The SMILES string of the molecule is COCC(C)C(O)c1cc(C)ccc1F. The summed E-state index contributed by atoms with van der Waals surface area (Å²) in [5.41, 5.74) is 1.29. The predicted molar refractivity (Wildman–Crippen MR) is 57.1 cm³/mol. The first-order valence-corrected chi connectivity index (χ1v) is 4.99. The quantitative estimate of drug-likeness (QED) is 0.830. The molecule has 0 fully saturated rings. The monoisotopic (exact) mass is 212 g/mol. The third-order valence-electron chi connectivity index (χ3n) is 2.44. The fourth-order valence-electron chi connectivity index (χ4n) is 1.55. The van der Waals surface area contributed by atoms with E-state index in [9.17, 15) is 9.50 Å². The fourth-order valence-corrected chi connectivity index (χ4v) is 1.55. The molecule has 1 aromatic carbocycles. The van der Waals surface area contributed by atoms with Crippen LogP contribution in [-0.2, 0) is 4.74 Å². The van der Waals surface area contributed by atoms with Gasteiger partial charge in [-0.2, -0.15) is 0 Å². The highest BCUT2D eigenvalue weighted by Crippen LogP contribution is 2.25. The average Bonchev–Trinajstić information content (AvgIpc) is 2.21. The van der Waals surface area contributed by atoms with E-state index < -0.39 is 6.10 Å². The molecule has 2 unspecified atom stereocenters. The third-order valence-corrected chi connectivity index (χ3v) is 2.44. The summed E-state index contributed by atoms with van der Waals surface area (Å²) in [4.78, 5) is 0. The Balaban J connectivity index is 2.89. The van der Waals surface area contributed by atoms with Crippen molar-refractivity contribution in [2.75, 3.05) is 13.7 Å². The van der Waals surface area contributed by atoms with Crippen LogP contribution in [-0.4, -0.2) is 18.8 Å². The van der Waals surface area contributed by atoms with E-state index in [0.29, 0.717) is 12.2 Å². The van der Waals surface area contributed by atoms with E-state index in [-0.39, 0.29) is 11.7 Å². The van der Waals surface area contributed by atoms with Crippen LogP contribution in [0.5, 0.6) is 0 Å². The Morgan fingerprint density at radius 2 is 2.13 bits per heavy atom. The standard InChI is InChI=1S/C12H17FO2/c1-8-4-5-11(13)10(6-8)12(14)9(2)7-15-3/h4-6,9,12,14H,7H2,1-3H3. The van der Waals surface area contributed by atoms with Gasteiger partial charge in [-0.3, -0.25) is 0 Å². The number of rotatable bonds is 4. The lowest BCUT2D eigenvalue weighted by molar-refractivity contribution is 0.0545. The molecule has 0 radical (unpaired) electrons. The van der Waals surface area contributed by atoms with E-state index in [2.05, 4.69) is 0 Å². The van der Waals surface area contributed by atoms with Crippen LogP contribution in [0.25, 0.3) is 0 Å². The van der Waals surface area contributed by atoms with Gasteiger partial charge in [0.05, 0.1) is 12.7 Å². The molecule has 15 heavy (non-hydrogen) atoms. The molecule has 1 rings (SSSR count). The smallest absolute Gasteiger partial charge is 0.129 e. The number of ether oxygens (including phenoxy) is 1. The van der Waals surface area contributed by atoms with Crippen LogP contribution in [0.4, 0.5) is 4.39 Å². The number of methoxy groups -OCH3 is 1. The average molecular weight is 212 g/mol. The summed E-state index contributed by atoms with van der Waals surface area (Å²) < 4.78 is 18.4. The van der Waals surface area contributed by atoms with Gasteiger partial charge < -0.3 is 9.84 Å². The maximum atomic E-state index is 13.4. The van der Waals surface area contributed by atoms with E-state index in [0.717, 1.165) is 5.56 Å². The van der Waals surface area contributed by atoms with Crippen molar-refractivity contribution in [1.29, 1.82) is 0 Å². The van der Waals surface area contributed by atoms with Gasteiger partial charge in [-0.25, -0.2) is 4.39 Å². The molecule has 0 aliphatic rings. The van der Waals surface area contributed by atoms with Crippen LogP contribution in [0.1, 0.15) is 24.2 Å². The molecule has 0 spiro atoms. The second-order valence-corrected chi connectivity index (χ2v) is 3.90. The van der Waals surface area contributed by atoms with Crippen molar-refractivity contribution in [3.8, 4) is 0 Å². The van der Waals surface area contributed by atoms with Crippen LogP contribution in [0.15, 0.2) is 18.2 Å². The Morgan fingerprint density at radius 3 is 2.73 bits per heavy atom. The summed E-state index contributed by atoms with van der Waals surface area (Å²) in [7, 11) is 1.57. The minimum Gasteiger partial charge on any atom is -0.388 e. The Hall–Kier alpha value is -0.930. The largest absolute Gasteiger partial charge is 0.388 e. The molecule has 0 heterocycles. The first-order chi connectivity index (χ1) is 7.06. The van der Waals surface area contributed by atoms with Crippen molar-refractivity contribution in [2.45, 2.75) is 20.0 Å². The molecule has 2 atom stereocenters. The summed E-state index contributed by atoms with van der Waals surface area (Å²) in [5, 5.41) is 9.91. The zero-order chi connectivity index (χ0) is 11.4. The number of aliphatic hydroxyl groups is 1. The zero-order valence-corrected chi connectivity index (χ0v) is 9.33. The van der Waals surface area contributed by atoms with Crippen LogP contribution in [0.2, 0.25) is 0 Å². The second-order valence-electron chi connectivity index (χ2n) is 3.90. The van der Waals surface area contributed by atoms with Crippen molar-refractivity contribution in [3.63, 3.8) is 0 Å². The maximum absolute atomic E-state index is 13.4. The van der Waals surface area contributed by atoms with Crippen LogP contribution < -0.4 is 0 Å². The fraction of sp³-hybridized carbons (Fsp3) is 0.500. The predicted octanol–water partition coefficient (Wildman–Crippen LogP) is 2.45. The van der Waals surface area contributed by atoms with Gasteiger partial charge >= 0.3 is 0 Å². The Bertz CT molecular complexity index is 325. The van der Waals surface area contributed by atoms with Gasteiger partial charge in [0.2, 0.25) is 0 Å². The summed E-state index contributed by atoms with van der Waals surface area (Å²) in [5.74, 6) is -0.484. The Kier molecular flexibility index (Phi) is 4.24. The topological polar surface area (TPSA) is 29.5 Å². The van der Waals surface area contributed by atoms with Gasteiger partial charge in [0.25, 0.3) is 0 Å². The number of benzene rings is 1. The molecular weight excluding hydrogens is 195 g/mol. The third kappa shape index (κ3) is 3.01. The van der Waals surface area contributed by atoms with Crippen LogP contribution >= 0.6 is 0 Å². The molecule has 0 aromatic heterocycles. The zero-order valence-electron chi connectivity index (χ0n) is 9.33. The second kappa shape index (κ2) is 5.24. The van der Waals surface area contributed by atoms with Gasteiger partial charge in [-0.05, 0) is 13.0 Å². The Morgan fingerprint density at radius 1 is 1.47 bits per heavy atom. The van der Waals surface area contributed by atoms with Gasteiger partial charge in [0, 0.05) is 18.6 Å². The minimum atomic E-state index is -0.815. The lowest BCUT2D eigenvalue weighted by atomic mass is 9.96. The van der Waals surface area contributed by atoms with Crippen molar-refractivity contribution in [1.82, 2.24) is 0 Å². The first kappa shape index (κ1) is 12.1. The normalized spacial score (nSPS) is 15.0. The van der Waals surface area contributed by atoms with E-state index in [1.54, 1.807) is 19.2 Å². The molecule has 0 aliphatic heterocycles. The van der Waals surface area contributed by atoms with Crippen molar-refractivity contribution in [2.24, 2.45) is 5.92 Å². The molecule has 3 heteroatoms. The summed E-state index contributed by atoms with van der Waals surface area (Å²) in [6.07, 6.45) is -0.815. The van der Waals surface area contributed by atoms with Gasteiger partial charge in [0.15, 0.2) is 0 Å². The van der Waals surface area contributed by atoms with Crippen LogP contribution in [0, 0.1) is 18.7 Å². The van der Waals surface area contributed by atoms with E-state index in [1.165, 1.54) is 6.07 Å². The first-order valence-electron chi connectivity index (χ1n) is 4.99. The highest BCUT2D eigenvalue weighted by atomic mass is 19.1. The van der Waals surface area contributed by atoms with Crippen molar-refractivity contribution >= 4 is 0 Å². The van der Waals surface area contributed by atoms with Crippen molar-refractivity contribution in [3.05, 3.63) is 35.1 Å². The van der Waals surface area contributed by atoms with Gasteiger partial charge in [-0.1, -0.05) is 24.6 Å². The van der Waals surface area contributed by atoms with E-state index >= 15 is 0 Å². The minimum absolute atomic E-state index is 0.119. The number of hydrogen-bond acceptors (Lipinski definition) is 2. The summed E-state index contributed by atoms with van der Waals surface area (Å²) in [6.45, 7) is 4.11. The lowest BCUT2D eigenvalue weighted by Gasteiger charge is -2.19. The number of halogens is 1. The molecule has 84 valence electrons. The molecule has 0 amide bonds. The maximum Gasteiger partial charge on any atom is 0.129 e. The molecule has 1 N–H and O–H groups in total. The highest BCUT2D eigenvalue weighted by Gasteiger charge is 2.19. The molecule has 0 saturated heterocycles. The van der Waals surface area contributed by atoms with Crippen LogP contribution in [0.3, 0.4) is 0 Å². The molecular formula is C12H17FO2. The van der Waals surface area contributed by atoms with Crippen molar-refractivity contribution < 1.29 is 14.2 Å². The molecule has 0 bridgehead atoms. The molecule has 0 aliphatic carbocycles.